The molecule has 1 aliphatic heterocycles. The SMILES string of the molecule is CCC1(C(=O)O)CCN(CCCC(C)C)C1. The summed E-state index contributed by atoms with van der Waals surface area (Å²) in [7, 11) is 0. The van der Waals surface area contributed by atoms with Gasteiger partial charge in [0, 0.05) is 6.54 Å². The van der Waals surface area contributed by atoms with Crippen LogP contribution >= 0.6 is 0 Å². The van der Waals surface area contributed by atoms with E-state index in [1.165, 1.54) is 12.8 Å². The highest BCUT2D eigenvalue weighted by Gasteiger charge is 2.42. The molecule has 3 nitrogen and oxygen atoms in total. The van der Waals surface area contributed by atoms with Crippen molar-refractivity contribution in [2.24, 2.45) is 11.3 Å². The summed E-state index contributed by atoms with van der Waals surface area (Å²) < 4.78 is 0. The van der Waals surface area contributed by atoms with E-state index in [0.717, 1.165) is 38.4 Å². The van der Waals surface area contributed by atoms with Crippen molar-refractivity contribution in [3.63, 3.8) is 0 Å². The number of nitrogens with zero attached hydrogens (tertiary/aromatic N) is 1. The summed E-state index contributed by atoms with van der Waals surface area (Å²) in [5.74, 6) is 0.138. The van der Waals surface area contributed by atoms with Gasteiger partial charge in [-0.1, -0.05) is 20.8 Å². The number of aliphatic carboxylic acids is 1. The van der Waals surface area contributed by atoms with Gasteiger partial charge in [0.25, 0.3) is 0 Å². The van der Waals surface area contributed by atoms with Crippen molar-refractivity contribution in [3.8, 4) is 0 Å². The Balaban J connectivity index is 2.36. The maximum atomic E-state index is 11.3. The molecule has 1 saturated heterocycles. The normalized spacial score (nSPS) is 26.5. The average Bonchev–Trinajstić information content (AvgIpc) is 2.62. The zero-order valence-corrected chi connectivity index (χ0v) is 10.8. The minimum absolute atomic E-state index is 0.460. The Hall–Kier alpha value is -0.570. The maximum absolute atomic E-state index is 11.3. The second-order valence-corrected chi connectivity index (χ2v) is 5.50. The molecule has 0 aliphatic carbocycles. The van der Waals surface area contributed by atoms with Gasteiger partial charge in [0.2, 0.25) is 0 Å². The number of rotatable bonds is 6. The van der Waals surface area contributed by atoms with Crippen LogP contribution in [0.1, 0.15) is 46.5 Å². The van der Waals surface area contributed by atoms with Crippen molar-refractivity contribution < 1.29 is 9.90 Å². The van der Waals surface area contributed by atoms with Gasteiger partial charge < -0.3 is 10.0 Å². The number of carboxylic acids is 1. The highest BCUT2D eigenvalue weighted by atomic mass is 16.4. The monoisotopic (exact) mass is 227 g/mol. The summed E-state index contributed by atoms with van der Waals surface area (Å²) in [5, 5.41) is 9.27. The van der Waals surface area contributed by atoms with Crippen LogP contribution in [0.4, 0.5) is 0 Å². The van der Waals surface area contributed by atoms with Crippen LogP contribution in [-0.2, 0) is 4.79 Å². The van der Waals surface area contributed by atoms with Gasteiger partial charge in [-0.2, -0.15) is 0 Å². The Labute approximate surface area is 98.8 Å². The zero-order chi connectivity index (χ0) is 12.2. The van der Waals surface area contributed by atoms with Crippen molar-refractivity contribution >= 4 is 5.97 Å². The van der Waals surface area contributed by atoms with Crippen molar-refractivity contribution in [2.45, 2.75) is 46.5 Å². The number of hydrogen-bond donors (Lipinski definition) is 1. The van der Waals surface area contributed by atoms with E-state index in [4.69, 9.17) is 0 Å². The molecule has 1 atom stereocenters. The van der Waals surface area contributed by atoms with Crippen LogP contribution in [0.2, 0.25) is 0 Å². The molecule has 0 aromatic heterocycles. The molecule has 0 aromatic carbocycles. The smallest absolute Gasteiger partial charge is 0.310 e. The van der Waals surface area contributed by atoms with Gasteiger partial charge in [-0.25, -0.2) is 0 Å². The third-order valence-electron chi connectivity index (χ3n) is 3.82. The fourth-order valence-corrected chi connectivity index (χ4v) is 2.49. The molecule has 94 valence electrons. The number of hydrogen-bond acceptors (Lipinski definition) is 2. The topological polar surface area (TPSA) is 40.5 Å². The summed E-state index contributed by atoms with van der Waals surface area (Å²) in [6.07, 6.45) is 4.00. The molecule has 1 unspecified atom stereocenters. The van der Waals surface area contributed by atoms with Crippen LogP contribution in [0.15, 0.2) is 0 Å². The summed E-state index contributed by atoms with van der Waals surface area (Å²) in [5.41, 5.74) is -0.460. The average molecular weight is 227 g/mol. The molecule has 3 heteroatoms. The van der Waals surface area contributed by atoms with E-state index in [-0.39, 0.29) is 0 Å². The Kier molecular flexibility index (Phi) is 4.78. The van der Waals surface area contributed by atoms with E-state index in [0.29, 0.717) is 0 Å². The van der Waals surface area contributed by atoms with Crippen molar-refractivity contribution in [3.05, 3.63) is 0 Å². The highest BCUT2D eigenvalue weighted by Crippen LogP contribution is 2.34. The first kappa shape index (κ1) is 13.5. The summed E-state index contributed by atoms with van der Waals surface area (Å²) in [4.78, 5) is 13.6. The Morgan fingerprint density at radius 1 is 1.50 bits per heavy atom. The first-order valence-electron chi connectivity index (χ1n) is 6.46. The molecule has 0 aromatic rings. The minimum atomic E-state index is -0.610. The molecular weight excluding hydrogens is 202 g/mol. The third kappa shape index (κ3) is 3.21. The van der Waals surface area contributed by atoms with E-state index in [1.807, 2.05) is 6.92 Å². The van der Waals surface area contributed by atoms with Crippen molar-refractivity contribution in [1.82, 2.24) is 4.90 Å². The Bertz CT molecular complexity index is 240. The number of likely N-dealkylation sites (tertiary alicyclic amines) is 1. The zero-order valence-electron chi connectivity index (χ0n) is 10.8. The molecule has 16 heavy (non-hydrogen) atoms. The van der Waals surface area contributed by atoms with Gasteiger partial charge in [-0.3, -0.25) is 4.79 Å². The van der Waals surface area contributed by atoms with Crippen LogP contribution in [0.25, 0.3) is 0 Å². The fraction of sp³-hybridized carbons (Fsp3) is 0.923. The summed E-state index contributed by atoms with van der Waals surface area (Å²) >= 11 is 0. The molecule has 1 N–H and O–H groups in total. The quantitative estimate of drug-likeness (QED) is 0.758. The van der Waals surface area contributed by atoms with Gasteiger partial charge in [-0.05, 0) is 44.7 Å². The molecule has 0 amide bonds. The van der Waals surface area contributed by atoms with Crippen LogP contribution < -0.4 is 0 Å². The van der Waals surface area contributed by atoms with Gasteiger partial charge in [0.1, 0.15) is 0 Å². The first-order valence-corrected chi connectivity index (χ1v) is 6.46. The maximum Gasteiger partial charge on any atom is 0.310 e. The van der Waals surface area contributed by atoms with Gasteiger partial charge in [-0.15, -0.1) is 0 Å². The predicted molar refractivity (Wildman–Crippen MR) is 65.5 cm³/mol. The van der Waals surface area contributed by atoms with Crippen LogP contribution in [0, 0.1) is 11.3 Å². The van der Waals surface area contributed by atoms with Crippen LogP contribution in [-0.4, -0.2) is 35.6 Å². The first-order chi connectivity index (χ1) is 7.50. The second kappa shape index (κ2) is 5.67. The minimum Gasteiger partial charge on any atom is -0.481 e. The van der Waals surface area contributed by atoms with Gasteiger partial charge >= 0.3 is 5.97 Å². The lowest BCUT2D eigenvalue weighted by Gasteiger charge is -2.23. The molecule has 0 radical (unpaired) electrons. The Morgan fingerprint density at radius 2 is 2.19 bits per heavy atom. The van der Waals surface area contributed by atoms with Gasteiger partial charge in [0.05, 0.1) is 5.41 Å². The van der Waals surface area contributed by atoms with E-state index in [9.17, 15) is 9.90 Å². The predicted octanol–water partition coefficient (Wildman–Crippen LogP) is 2.61. The molecule has 0 spiro atoms. The van der Waals surface area contributed by atoms with Gasteiger partial charge in [0.15, 0.2) is 0 Å². The molecule has 0 saturated carbocycles. The highest BCUT2D eigenvalue weighted by molar-refractivity contribution is 5.75. The summed E-state index contributed by atoms with van der Waals surface area (Å²) in [6, 6.07) is 0. The van der Waals surface area contributed by atoms with Crippen molar-refractivity contribution in [2.75, 3.05) is 19.6 Å². The van der Waals surface area contributed by atoms with E-state index >= 15 is 0 Å². The molecule has 0 bridgehead atoms. The Morgan fingerprint density at radius 3 is 2.62 bits per heavy atom. The lowest BCUT2D eigenvalue weighted by molar-refractivity contribution is -0.148. The standard InChI is InChI=1S/C13H25NO2/c1-4-13(12(15)16)7-9-14(10-13)8-5-6-11(2)3/h11H,4-10H2,1-3H3,(H,15,16). The molecule has 1 fully saturated rings. The third-order valence-corrected chi connectivity index (χ3v) is 3.82. The number of carbonyl (C=O) groups is 1. The number of carboxylic acid groups (broad SMARTS) is 1. The van der Waals surface area contributed by atoms with Crippen LogP contribution in [0.3, 0.4) is 0 Å². The van der Waals surface area contributed by atoms with E-state index in [2.05, 4.69) is 18.7 Å². The lowest BCUT2D eigenvalue weighted by Crippen LogP contribution is -2.34. The lowest BCUT2D eigenvalue weighted by atomic mass is 9.84. The largest absolute Gasteiger partial charge is 0.481 e. The summed E-state index contributed by atoms with van der Waals surface area (Å²) in [6.45, 7) is 9.23. The van der Waals surface area contributed by atoms with Crippen molar-refractivity contribution in [1.29, 1.82) is 0 Å². The molecule has 1 heterocycles. The molecular formula is C13H25NO2. The molecule has 1 aliphatic rings. The molecule has 1 rings (SSSR count). The fourth-order valence-electron chi connectivity index (χ4n) is 2.49. The van der Waals surface area contributed by atoms with E-state index < -0.39 is 11.4 Å². The second-order valence-electron chi connectivity index (χ2n) is 5.50. The van der Waals surface area contributed by atoms with Crippen LogP contribution in [0.5, 0.6) is 0 Å². The van der Waals surface area contributed by atoms with E-state index in [1.54, 1.807) is 0 Å².